The Morgan fingerprint density at radius 2 is 2.27 bits per heavy atom. The van der Waals surface area contributed by atoms with Gasteiger partial charge < -0.3 is 19.2 Å². The lowest BCUT2D eigenvalue weighted by Gasteiger charge is -2.27. The van der Waals surface area contributed by atoms with Crippen LogP contribution in [0.25, 0.3) is 5.65 Å². The van der Waals surface area contributed by atoms with Crippen LogP contribution in [0.1, 0.15) is 61.5 Å². The third-order valence-electron chi connectivity index (χ3n) is 7.35. The molecule has 2 bridgehead atoms. The van der Waals surface area contributed by atoms with E-state index < -0.39 is 0 Å². The number of carbonyl (C=O) groups is 1. The van der Waals surface area contributed by atoms with Crippen molar-refractivity contribution in [3.63, 3.8) is 0 Å². The van der Waals surface area contributed by atoms with Crippen molar-refractivity contribution in [2.45, 2.75) is 69.1 Å². The van der Waals surface area contributed by atoms with E-state index in [4.69, 9.17) is 19.7 Å². The molecule has 2 atom stereocenters. The number of ether oxygens (including phenoxy) is 2. The van der Waals surface area contributed by atoms with Gasteiger partial charge in [-0.15, -0.1) is 0 Å². The van der Waals surface area contributed by atoms with E-state index in [0.717, 1.165) is 49.9 Å². The summed E-state index contributed by atoms with van der Waals surface area (Å²) < 4.78 is 15.7. The van der Waals surface area contributed by atoms with E-state index in [-0.39, 0.29) is 29.6 Å². The molecule has 6 rings (SSSR count). The van der Waals surface area contributed by atoms with Crippen molar-refractivity contribution in [2.75, 3.05) is 11.9 Å². The van der Waals surface area contributed by atoms with E-state index in [1.54, 1.807) is 18.5 Å². The zero-order chi connectivity index (χ0) is 22.6. The van der Waals surface area contributed by atoms with Gasteiger partial charge in [-0.25, -0.2) is 4.98 Å². The number of pyridine rings is 1. The van der Waals surface area contributed by atoms with Gasteiger partial charge in [0.25, 0.3) is 5.91 Å². The van der Waals surface area contributed by atoms with E-state index >= 15 is 0 Å². The zero-order valence-electron chi connectivity index (χ0n) is 18.6. The van der Waals surface area contributed by atoms with Crippen molar-refractivity contribution >= 4 is 17.4 Å². The molecule has 2 aliphatic carbocycles. The number of carbonyl (C=O) groups excluding carboxylic acids is 1. The molecule has 3 aromatic heterocycles. The number of fused-ring (bicyclic) bond motifs is 3. The standard InChI is InChI=1S/C24H26N6O3/c1-23-6-7-24(14-23,15-32-23)19-13-29-12-17(18(11-21(29)26-19)33-16-3-2-4-16)22(31)27-20-5-9-30(28-20)10-8-25/h5,9,11-13,16H,2-4,6-7,10,14-15H2,1H3,(H,27,28,31). The molecule has 9 heteroatoms. The van der Waals surface area contributed by atoms with Gasteiger partial charge in [0.15, 0.2) is 5.82 Å². The van der Waals surface area contributed by atoms with Gasteiger partial charge in [0, 0.05) is 36.1 Å². The van der Waals surface area contributed by atoms with Gasteiger partial charge in [0.1, 0.15) is 17.9 Å². The second-order valence-electron chi connectivity index (χ2n) is 9.82. The highest BCUT2D eigenvalue weighted by Gasteiger charge is 2.55. The maximum Gasteiger partial charge on any atom is 0.262 e. The maximum atomic E-state index is 13.2. The summed E-state index contributed by atoms with van der Waals surface area (Å²) in [6.45, 7) is 3.00. The van der Waals surface area contributed by atoms with Crippen LogP contribution in [0.2, 0.25) is 0 Å². The molecule has 1 aliphatic heterocycles. The van der Waals surface area contributed by atoms with Gasteiger partial charge in [-0.2, -0.15) is 10.4 Å². The first kappa shape index (κ1) is 20.2. The summed E-state index contributed by atoms with van der Waals surface area (Å²) in [6.07, 6.45) is 11.8. The van der Waals surface area contributed by atoms with Gasteiger partial charge >= 0.3 is 0 Å². The average Bonchev–Trinajstić information content (AvgIpc) is 3.52. The first-order chi connectivity index (χ1) is 16.0. The first-order valence-electron chi connectivity index (χ1n) is 11.5. The molecule has 1 amide bonds. The topological polar surface area (TPSA) is 106 Å². The minimum Gasteiger partial charge on any atom is -0.489 e. The second-order valence-corrected chi connectivity index (χ2v) is 9.82. The Morgan fingerprint density at radius 1 is 1.39 bits per heavy atom. The molecule has 0 spiro atoms. The highest BCUT2D eigenvalue weighted by Crippen LogP contribution is 2.53. The summed E-state index contributed by atoms with van der Waals surface area (Å²) >= 11 is 0. The van der Waals surface area contributed by atoms with Crippen molar-refractivity contribution < 1.29 is 14.3 Å². The molecular formula is C24H26N6O3. The van der Waals surface area contributed by atoms with Gasteiger partial charge in [0.05, 0.1) is 35.6 Å². The minimum absolute atomic E-state index is 0.0473. The SMILES string of the molecule is CC12CCC(c3cn4cc(C(=O)Nc5ccn(CC#N)n5)c(OC5CCC5)cc4n3)(CO1)C2. The van der Waals surface area contributed by atoms with Crippen molar-refractivity contribution in [3.05, 3.63) is 42.0 Å². The lowest BCUT2D eigenvalue weighted by Crippen LogP contribution is -2.26. The molecule has 3 aliphatic rings. The molecule has 33 heavy (non-hydrogen) atoms. The number of nitrogens with zero attached hydrogens (tertiary/aromatic N) is 5. The molecule has 9 nitrogen and oxygen atoms in total. The number of anilines is 1. The Kier molecular flexibility index (Phi) is 4.49. The number of hydrogen-bond acceptors (Lipinski definition) is 6. The van der Waals surface area contributed by atoms with Crippen LogP contribution in [-0.2, 0) is 16.7 Å². The quantitative estimate of drug-likeness (QED) is 0.622. The number of nitrogens with one attached hydrogen (secondary N) is 1. The Hall–Kier alpha value is -3.38. The zero-order valence-corrected chi connectivity index (χ0v) is 18.6. The Morgan fingerprint density at radius 3 is 2.94 bits per heavy atom. The number of amides is 1. The fourth-order valence-electron chi connectivity index (χ4n) is 5.23. The summed E-state index contributed by atoms with van der Waals surface area (Å²) in [5.41, 5.74) is 2.12. The van der Waals surface area contributed by atoms with Gasteiger partial charge in [0.2, 0.25) is 0 Å². The van der Waals surface area contributed by atoms with Gasteiger partial charge in [-0.3, -0.25) is 9.48 Å². The van der Waals surface area contributed by atoms with Crippen molar-refractivity contribution in [3.8, 4) is 11.8 Å². The lowest BCUT2D eigenvalue weighted by molar-refractivity contribution is -0.00627. The van der Waals surface area contributed by atoms with Crippen LogP contribution in [0, 0.1) is 11.3 Å². The van der Waals surface area contributed by atoms with Crippen molar-refractivity contribution in [1.82, 2.24) is 19.2 Å². The molecule has 0 aromatic carbocycles. The van der Waals surface area contributed by atoms with E-state index in [1.165, 1.54) is 4.68 Å². The van der Waals surface area contributed by atoms with Crippen LogP contribution in [-0.4, -0.2) is 43.4 Å². The van der Waals surface area contributed by atoms with Crippen LogP contribution in [0.3, 0.4) is 0 Å². The number of rotatable bonds is 6. The lowest BCUT2D eigenvalue weighted by atomic mass is 9.84. The van der Waals surface area contributed by atoms with Crippen LogP contribution in [0.4, 0.5) is 5.82 Å². The minimum atomic E-state index is -0.306. The summed E-state index contributed by atoms with van der Waals surface area (Å²) in [6, 6.07) is 5.57. The van der Waals surface area contributed by atoms with E-state index in [9.17, 15) is 4.79 Å². The molecule has 1 saturated heterocycles. The Labute approximate surface area is 191 Å². The van der Waals surface area contributed by atoms with Gasteiger partial charge in [-0.05, 0) is 45.4 Å². The summed E-state index contributed by atoms with van der Waals surface area (Å²) in [5, 5.41) is 15.9. The van der Waals surface area contributed by atoms with E-state index in [1.807, 2.05) is 22.7 Å². The predicted molar refractivity (Wildman–Crippen MR) is 119 cm³/mol. The molecule has 3 aromatic rings. The largest absolute Gasteiger partial charge is 0.489 e. The first-order valence-corrected chi connectivity index (χ1v) is 11.5. The molecule has 0 radical (unpaired) electrons. The van der Waals surface area contributed by atoms with Crippen LogP contribution < -0.4 is 10.1 Å². The highest BCUT2D eigenvalue weighted by atomic mass is 16.5. The molecule has 4 heterocycles. The number of aromatic nitrogens is 4. The number of hydrogen-bond donors (Lipinski definition) is 1. The smallest absolute Gasteiger partial charge is 0.262 e. The monoisotopic (exact) mass is 446 g/mol. The highest BCUT2D eigenvalue weighted by molar-refractivity contribution is 6.05. The molecule has 2 saturated carbocycles. The Balaban J connectivity index is 1.34. The summed E-state index contributed by atoms with van der Waals surface area (Å²) in [7, 11) is 0. The Bertz CT molecular complexity index is 1270. The second kappa shape index (κ2) is 7.32. The molecule has 2 unspecified atom stereocenters. The van der Waals surface area contributed by atoms with E-state index in [2.05, 4.69) is 17.3 Å². The van der Waals surface area contributed by atoms with E-state index in [0.29, 0.717) is 23.7 Å². The third-order valence-corrected chi connectivity index (χ3v) is 7.35. The predicted octanol–water partition coefficient (Wildman–Crippen LogP) is 3.45. The fraction of sp³-hybridized carbons (Fsp3) is 0.500. The molecule has 3 fully saturated rings. The van der Waals surface area contributed by atoms with Crippen LogP contribution in [0.5, 0.6) is 5.75 Å². The summed E-state index contributed by atoms with van der Waals surface area (Å²) in [4.78, 5) is 18.1. The van der Waals surface area contributed by atoms with Crippen molar-refractivity contribution in [1.29, 1.82) is 5.26 Å². The molecular weight excluding hydrogens is 420 g/mol. The molecule has 1 N–H and O–H groups in total. The van der Waals surface area contributed by atoms with Crippen LogP contribution >= 0.6 is 0 Å². The third kappa shape index (κ3) is 3.45. The average molecular weight is 447 g/mol. The maximum absolute atomic E-state index is 13.2. The van der Waals surface area contributed by atoms with Gasteiger partial charge in [-0.1, -0.05) is 0 Å². The molecule has 170 valence electrons. The fourth-order valence-corrected chi connectivity index (χ4v) is 5.23. The number of nitriles is 1. The summed E-state index contributed by atoms with van der Waals surface area (Å²) in [5.74, 6) is 0.623. The van der Waals surface area contributed by atoms with Crippen molar-refractivity contribution in [2.24, 2.45) is 0 Å². The van der Waals surface area contributed by atoms with Crippen LogP contribution in [0.15, 0.2) is 30.7 Å². The normalized spacial score (nSPS) is 26.3. The number of imidazole rings is 1.